The second kappa shape index (κ2) is 10.7. The number of carbonyl (C=O) groups excluding carboxylic acids is 1. The summed E-state index contributed by atoms with van der Waals surface area (Å²) in [6.07, 6.45) is 3.23. The molecule has 0 saturated carbocycles. The van der Waals surface area contributed by atoms with Crippen LogP contribution in [0.1, 0.15) is 30.1 Å². The summed E-state index contributed by atoms with van der Waals surface area (Å²) < 4.78 is 30.2. The van der Waals surface area contributed by atoms with Gasteiger partial charge in [-0.3, -0.25) is 14.7 Å². The zero-order valence-electron chi connectivity index (χ0n) is 19.4. The van der Waals surface area contributed by atoms with Crippen molar-refractivity contribution in [3.8, 4) is 17.2 Å². The van der Waals surface area contributed by atoms with E-state index >= 15 is 0 Å². The van der Waals surface area contributed by atoms with Crippen molar-refractivity contribution in [2.75, 3.05) is 33.0 Å². The van der Waals surface area contributed by atoms with Crippen LogP contribution in [0.3, 0.4) is 0 Å². The Hall–Kier alpha value is -3.65. The largest absolute Gasteiger partial charge is 0.489 e. The molecule has 0 bridgehead atoms. The fourth-order valence-electron chi connectivity index (χ4n) is 4.49. The maximum atomic E-state index is 13.7. The second-order valence-corrected chi connectivity index (χ2v) is 8.70. The third-order valence-electron chi connectivity index (χ3n) is 6.46. The minimum Gasteiger partial charge on any atom is -0.489 e. The number of nitrogens with zero attached hydrogens (tertiary/aromatic N) is 2. The molecule has 8 heteroatoms. The first-order valence-electron chi connectivity index (χ1n) is 11.9. The van der Waals surface area contributed by atoms with Gasteiger partial charge in [-0.2, -0.15) is 0 Å². The lowest BCUT2D eigenvalue weighted by Crippen LogP contribution is -2.43. The van der Waals surface area contributed by atoms with Crippen LogP contribution in [0, 0.1) is 11.7 Å². The lowest BCUT2D eigenvalue weighted by molar-refractivity contribution is -0.127. The van der Waals surface area contributed by atoms with Gasteiger partial charge >= 0.3 is 0 Å². The summed E-state index contributed by atoms with van der Waals surface area (Å²) in [4.78, 5) is 20.0. The molecule has 0 radical (unpaired) electrons. The SMILES string of the molecule is O=C(N[C@H](c1ccc2c(c1)OCO2)c1ccccn1)C1CCN(CCOc2ccccc2F)CC1. The van der Waals surface area contributed by atoms with Gasteiger partial charge < -0.3 is 19.5 Å². The molecule has 7 nitrogen and oxygen atoms in total. The van der Waals surface area contributed by atoms with Crippen LogP contribution in [-0.4, -0.2) is 48.8 Å². The Morgan fingerprint density at radius 3 is 2.69 bits per heavy atom. The number of hydrogen-bond acceptors (Lipinski definition) is 6. The summed E-state index contributed by atoms with van der Waals surface area (Å²) in [6.45, 7) is 2.87. The highest BCUT2D eigenvalue weighted by Crippen LogP contribution is 2.35. The van der Waals surface area contributed by atoms with Gasteiger partial charge in [0.1, 0.15) is 6.61 Å². The fraction of sp³-hybridized carbons (Fsp3) is 0.333. The van der Waals surface area contributed by atoms with Gasteiger partial charge in [0, 0.05) is 18.7 Å². The number of piperidine rings is 1. The number of carbonyl (C=O) groups is 1. The average Bonchev–Trinajstić information content (AvgIpc) is 3.37. The van der Waals surface area contributed by atoms with Gasteiger partial charge in [0.25, 0.3) is 0 Å². The van der Waals surface area contributed by atoms with Crippen LogP contribution in [0.2, 0.25) is 0 Å². The number of aromatic nitrogens is 1. The van der Waals surface area contributed by atoms with E-state index in [1.807, 2.05) is 36.4 Å². The average molecular weight is 478 g/mol. The molecule has 35 heavy (non-hydrogen) atoms. The van der Waals surface area contributed by atoms with E-state index in [2.05, 4.69) is 15.2 Å². The lowest BCUT2D eigenvalue weighted by Gasteiger charge is -2.32. The van der Waals surface area contributed by atoms with Crippen LogP contribution in [-0.2, 0) is 4.79 Å². The molecule has 1 fully saturated rings. The van der Waals surface area contributed by atoms with Crippen molar-refractivity contribution in [1.29, 1.82) is 0 Å². The predicted octanol–water partition coefficient (Wildman–Crippen LogP) is 3.95. The Morgan fingerprint density at radius 2 is 1.89 bits per heavy atom. The van der Waals surface area contributed by atoms with Crippen molar-refractivity contribution in [2.24, 2.45) is 5.92 Å². The number of benzene rings is 2. The highest BCUT2D eigenvalue weighted by atomic mass is 19.1. The van der Waals surface area contributed by atoms with E-state index < -0.39 is 0 Å². The number of fused-ring (bicyclic) bond motifs is 1. The molecule has 0 spiro atoms. The van der Waals surface area contributed by atoms with Crippen LogP contribution in [0.15, 0.2) is 66.9 Å². The van der Waals surface area contributed by atoms with Gasteiger partial charge in [-0.05, 0) is 67.9 Å². The van der Waals surface area contributed by atoms with E-state index in [1.54, 1.807) is 24.4 Å². The molecule has 1 amide bonds. The third-order valence-corrected chi connectivity index (χ3v) is 6.46. The Morgan fingerprint density at radius 1 is 1.09 bits per heavy atom. The minimum absolute atomic E-state index is 0.0144. The topological polar surface area (TPSA) is 72.9 Å². The monoisotopic (exact) mass is 477 g/mol. The quantitative estimate of drug-likeness (QED) is 0.530. The third kappa shape index (κ3) is 5.54. The van der Waals surface area contributed by atoms with Crippen molar-refractivity contribution in [2.45, 2.75) is 18.9 Å². The van der Waals surface area contributed by atoms with Crippen LogP contribution in [0.4, 0.5) is 4.39 Å². The van der Waals surface area contributed by atoms with Gasteiger partial charge in [0.05, 0.1) is 11.7 Å². The molecule has 0 unspecified atom stereocenters. The van der Waals surface area contributed by atoms with Crippen LogP contribution in [0.5, 0.6) is 17.2 Å². The Balaban J connectivity index is 1.17. The number of para-hydroxylation sites is 1. The summed E-state index contributed by atoms with van der Waals surface area (Å²) in [7, 11) is 0. The van der Waals surface area contributed by atoms with Crippen molar-refractivity contribution >= 4 is 5.91 Å². The van der Waals surface area contributed by atoms with Crippen LogP contribution in [0.25, 0.3) is 0 Å². The Labute approximate surface area is 203 Å². The van der Waals surface area contributed by atoms with Gasteiger partial charge in [-0.25, -0.2) is 4.39 Å². The minimum atomic E-state index is -0.384. The molecule has 3 aromatic rings. The highest BCUT2D eigenvalue weighted by Gasteiger charge is 2.28. The summed E-state index contributed by atoms with van der Waals surface area (Å²) in [5.41, 5.74) is 1.66. The number of pyridine rings is 1. The molecule has 1 saturated heterocycles. The normalized spacial score (nSPS) is 16.6. The maximum absolute atomic E-state index is 13.7. The Kier molecular flexibility index (Phi) is 7.09. The molecule has 1 atom stereocenters. The van der Waals surface area contributed by atoms with Gasteiger partial charge in [0.2, 0.25) is 12.7 Å². The molecule has 0 aliphatic carbocycles. The van der Waals surface area contributed by atoms with E-state index in [0.717, 1.165) is 37.2 Å². The van der Waals surface area contributed by atoms with Crippen molar-refractivity contribution in [3.63, 3.8) is 0 Å². The number of halogens is 1. The summed E-state index contributed by atoms with van der Waals surface area (Å²) >= 11 is 0. The van der Waals surface area contributed by atoms with E-state index in [0.29, 0.717) is 24.7 Å². The van der Waals surface area contributed by atoms with Gasteiger partial charge in [0.15, 0.2) is 23.1 Å². The molecule has 2 aromatic carbocycles. The van der Waals surface area contributed by atoms with Crippen LogP contribution < -0.4 is 19.5 Å². The number of ether oxygens (including phenoxy) is 3. The first-order valence-corrected chi connectivity index (χ1v) is 11.9. The lowest BCUT2D eigenvalue weighted by atomic mass is 9.94. The molecule has 1 aromatic heterocycles. The van der Waals surface area contributed by atoms with E-state index in [4.69, 9.17) is 14.2 Å². The smallest absolute Gasteiger partial charge is 0.231 e. The van der Waals surface area contributed by atoms with E-state index in [9.17, 15) is 9.18 Å². The molecular weight excluding hydrogens is 449 g/mol. The molecule has 5 rings (SSSR count). The Bertz CT molecular complexity index is 1150. The van der Waals surface area contributed by atoms with Gasteiger partial charge in [-0.1, -0.05) is 24.3 Å². The molecule has 182 valence electrons. The highest BCUT2D eigenvalue weighted by molar-refractivity contribution is 5.79. The standard InChI is InChI=1S/C27H28FN3O4/c28-21-5-1-2-7-23(21)33-16-15-31-13-10-19(11-14-31)27(32)30-26(22-6-3-4-12-29-22)20-8-9-24-25(17-20)35-18-34-24/h1-9,12,17,19,26H,10-11,13-16,18H2,(H,30,32)/t26-/m1/s1. The fourth-order valence-corrected chi connectivity index (χ4v) is 4.49. The zero-order chi connectivity index (χ0) is 24.0. The second-order valence-electron chi connectivity index (χ2n) is 8.70. The first-order chi connectivity index (χ1) is 17.2. The van der Waals surface area contributed by atoms with Crippen molar-refractivity contribution < 1.29 is 23.4 Å². The molecular formula is C27H28FN3O4. The summed E-state index contributed by atoms with van der Waals surface area (Å²) in [5, 5.41) is 3.21. The molecule has 3 heterocycles. The number of amides is 1. The predicted molar refractivity (Wildman–Crippen MR) is 128 cm³/mol. The maximum Gasteiger partial charge on any atom is 0.231 e. The number of hydrogen-bond donors (Lipinski definition) is 1. The number of nitrogens with one attached hydrogen (secondary N) is 1. The first kappa shape index (κ1) is 23.1. The molecule has 1 N–H and O–H groups in total. The van der Waals surface area contributed by atoms with E-state index in [1.165, 1.54) is 6.07 Å². The van der Waals surface area contributed by atoms with Crippen LogP contribution >= 0.6 is 0 Å². The summed E-state index contributed by atoms with van der Waals surface area (Å²) in [6, 6.07) is 17.4. The molecule has 2 aliphatic rings. The van der Waals surface area contributed by atoms with Crippen molar-refractivity contribution in [1.82, 2.24) is 15.2 Å². The summed E-state index contributed by atoms with van der Waals surface area (Å²) in [5.74, 6) is 1.22. The van der Waals surface area contributed by atoms with Crippen molar-refractivity contribution in [3.05, 3.63) is 83.9 Å². The molecule has 2 aliphatic heterocycles. The van der Waals surface area contributed by atoms with E-state index in [-0.39, 0.29) is 36.2 Å². The zero-order valence-corrected chi connectivity index (χ0v) is 19.4. The van der Waals surface area contributed by atoms with Gasteiger partial charge in [-0.15, -0.1) is 0 Å². The number of rotatable bonds is 8. The number of likely N-dealkylation sites (tertiary alicyclic amines) is 1.